The Bertz CT molecular complexity index is 625. The molecule has 1 aromatic carbocycles. The highest BCUT2D eigenvalue weighted by Gasteiger charge is 2.09. The van der Waals surface area contributed by atoms with Gasteiger partial charge >= 0.3 is 0 Å². The molecule has 0 aliphatic heterocycles. The fraction of sp³-hybridized carbons (Fsp3) is 0.200. The first-order valence-corrected chi connectivity index (χ1v) is 6.79. The van der Waals surface area contributed by atoms with Crippen molar-refractivity contribution in [2.24, 2.45) is 0 Å². The molecule has 3 nitrogen and oxygen atoms in total. The zero-order chi connectivity index (χ0) is 13.7. The fourth-order valence-electron chi connectivity index (χ4n) is 1.59. The summed E-state index contributed by atoms with van der Waals surface area (Å²) in [6.07, 6.45) is 0.934. The Kier molecular flexibility index (Phi) is 4.32. The molecule has 1 heterocycles. The average molecular weight is 271 g/mol. The first kappa shape index (κ1) is 13.3. The standard InChI is InChI=1S/C15H13NO2S/c1-2-13-6-7-15(19-13)14(17)10-18-12-5-3-4-11(8-12)9-16/h3-8H,2,10H2,1H3. The SMILES string of the molecule is CCc1ccc(C(=O)COc2cccc(C#N)c2)s1. The zero-order valence-corrected chi connectivity index (χ0v) is 11.4. The van der Waals surface area contributed by atoms with Gasteiger partial charge < -0.3 is 4.74 Å². The Morgan fingerprint density at radius 1 is 1.37 bits per heavy atom. The van der Waals surface area contributed by atoms with Crippen LogP contribution in [-0.4, -0.2) is 12.4 Å². The van der Waals surface area contributed by atoms with E-state index in [0.717, 1.165) is 6.42 Å². The molecule has 0 unspecified atom stereocenters. The van der Waals surface area contributed by atoms with Crippen LogP contribution in [0.1, 0.15) is 27.0 Å². The molecular formula is C15H13NO2S. The summed E-state index contributed by atoms with van der Waals surface area (Å²) in [6, 6.07) is 12.6. The summed E-state index contributed by atoms with van der Waals surface area (Å²) in [5, 5.41) is 8.78. The number of nitriles is 1. The Hall–Kier alpha value is -2.12. The second kappa shape index (κ2) is 6.17. The Balaban J connectivity index is 1.98. The van der Waals surface area contributed by atoms with Crippen molar-refractivity contribution in [1.29, 1.82) is 5.26 Å². The Labute approximate surface area is 116 Å². The lowest BCUT2D eigenvalue weighted by Crippen LogP contribution is -2.10. The molecule has 0 atom stereocenters. The van der Waals surface area contributed by atoms with Gasteiger partial charge in [-0.25, -0.2) is 0 Å². The lowest BCUT2D eigenvalue weighted by atomic mass is 10.2. The maximum atomic E-state index is 11.9. The first-order valence-electron chi connectivity index (χ1n) is 5.98. The van der Waals surface area contributed by atoms with Crippen molar-refractivity contribution in [2.45, 2.75) is 13.3 Å². The number of carbonyl (C=O) groups is 1. The largest absolute Gasteiger partial charge is 0.485 e. The maximum Gasteiger partial charge on any atom is 0.210 e. The molecule has 4 heteroatoms. The van der Waals surface area contributed by atoms with Gasteiger partial charge in [0.25, 0.3) is 0 Å². The minimum Gasteiger partial charge on any atom is -0.485 e. The van der Waals surface area contributed by atoms with Gasteiger partial charge in [-0.3, -0.25) is 4.79 Å². The Morgan fingerprint density at radius 3 is 2.89 bits per heavy atom. The highest BCUT2D eigenvalue weighted by atomic mass is 32.1. The number of aryl methyl sites for hydroxylation is 1. The predicted molar refractivity (Wildman–Crippen MR) is 74.7 cm³/mol. The molecule has 0 radical (unpaired) electrons. The molecule has 0 spiro atoms. The van der Waals surface area contributed by atoms with Gasteiger partial charge in [0.05, 0.1) is 16.5 Å². The number of rotatable bonds is 5. The van der Waals surface area contributed by atoms with E-state index < -0.39 is 0 Å². The number of Topliss-reactive ketones (excluding diaryl/α,β-unsaturated/α-hetero) is 1. The number of benzene rings is 1. The highest BCUT2D eigenvalue weighted by Crippen LogP contribution is 2.18. The van der Waals surface area contributed by atoms with E-state index in [2.05, 4.69) is 6.92 Å². The third kappa shape index (κ3) is 3.43. The first-order chi connectivity index (χ1) is 9.22. The second-order valence-corrected chi connectivity index (χ2v) is 5.14. The summed E-state index contributed by atoms with van der Waals surface area (Å²) >= 11 is 1.50. The highest BCUT2D eigenvalue weighted by molar-refractivity contribution is 7.14. The van der Waals surface area contributed by atoms with Crippen LogP contribution in [0.4, 0.5) is 0 Å². The van der Waals surface area contributed by atoms with Crippen LogP contribution in [0, 0.1) is 11.3 Å². The number of thiophene rings is 1. The Morgan fingerprint density at radius 2 is 2.21 bits per heavy atom. The van der Waals surface area contributed by atoms with Gasteiger partial charge in [-0.05, 0) is 36.8 Å². The van der Waals surface area contributed by atoms with Crippen LogP contribution < -0.4 is 4.74 Å². The van der Waals surface area contributed by atoms with Gasteiger partial charge in [0.1, 0.15) is 5.75 Å². The van der Waals surface area contributed by atoms with E-state index in [-0.39, 0.29) is 12.4 Å². The number of carbonyl (C=O) groups excluding carboxylic acids is 1. The summed E-state index contributed by atoms with van der Waals surface area (Å²) in [4.78, 5) is 13.8. The maximum absolute atomic E-state index is 11.9. The van der Waals surface area contributed by atoms with E-state index in [4.69, 9.17) is 10.00 Å². The molecule has 0 amide bonds. The van der Waals surface area contributed by atoms with Crippen molar-refractivity contribution in [3.05, 3.63) is 51.7 Å². The topological polar surface area (TPSA) is 50.1 Å². The molecule has 1 aromatic heterocycles. The zero-order valence-electron chi connectivity index (χ0n) is 10.6. The number of hydrogen-bond donors (Lipinski definition) is 0. The van der Waals surface area contributed by atoms with Crippen molar-refractivity contribution < 1.29 is 9.53 Å². The van der Waals surface area contributed by atoms with Crippen LogP contribution in [0.15, 0.2) is 36.4 Å². The number of hydrogen-bond acceptors (Lipinski definition) is 4. The summed E-state index contributed by atoms with van der Waals surface area (Å²) in [5.74, 6) is 0.506. The summed E-state index contributed by atoms with van der Waals surface area (Å²) < 4.78 is 5.41. The molecule has 96 valence electrons. The minimum absolute atomic E-state index is 0.00144. The van der Waals surface area contributed by atoms with Gasteiger partial charge in [0, 0.05) is 4.88 Å². The normalized spacial score (nSPS) is 9.89. The molecule has 0 aliphatic rings. The number of ether oxygens (including phenoxy) is 1. The fourth-order valence-corrected chi connectivity index (χ4v) is 2.46. The molecule has 0 saturated heterocycles. The third-order valence-corrected chi connectivity index (χ3v) is 3.89. The van der Waals surface area contributed by atoms with Crippen molar-refractivity contribution >= 4 is 17.1 Å². The summed E-state index contributed by atoms with van der Waals surface area (Å²) in [5.41, 5.74) is 0.523. The van der Waals surface area contributed by atoms with Gasteiger partial charge in [0.15, 0.2) is 6.61 Å². The molecular weight excluding hydrogens is 258 g/mol. The van der Waals surface area contributed by atoms with E-state index >= 15 is 0 Å². The molecule has 0 saturated carbocycles. The van der Waals surface area contributed by atoms with E-state index in [1.165, 1.54) is 16.2 Å². The molecule has 0 N–H and O–H groups in total. The van der Waals surface area contributed by atoms with E-state index in [0.29, 0.717) is 16.2 Å². The molecule has 2 rings (SSSR count). The van der Waals surface area contributed by atoms with E-state index in [9.17, 15) is 4.79 Å². The van der Waals surface area contributed by atoms with Crippen LogP contribution in [0.5, 0.6) is 5.75 Å². The van der Waals surface area contributed by atoms with Crippen LogP contribution in [-0.2, 0) is 6.42 Å². The van der Waals surface area contributed by atoms with Gasteiger partial charge in [-0.1, -0.05) is 13.0 Å². The third-order valence-electron chi connectivity index (χ3n) is 2.62. The lowest BCUT2D eigenvalue weighted by molar-refractivity contribution is 0.0925. The van der Waals surface area contributed by atoms with E-state index in [1.807, 2.05) is 18.2 Å². The summed E-state index contributed by atoms with van der Waals surface area (Å²) in [7, 11) is 0. The van der Waals surface area contributed by atoms with Crippen molar-refractivity contribution in [1.82, 2.24) is 0 Å². The van der Waals surface area contributed by atoms with Gasteiger partial charge in [-0.2, -0.15) is 5.26 Å². The van der Waals surface area contributed by atoms with Crippen LogP contribution in [0.2, 0.25) is 0 Å². The molecule has 19 heavy (non-hydrogen) atoms. The van der Waals surface area contributed by atoms with Crippen LogP contribution in [0.3, 0.4) is 0 Å². The van der Waals surface area contributed by atoms with Gasteiger partial charge in [-0.15, -0.1) is 11.3 Å². The molecule has 2 aromatic rings. The minimum atomic E-state index is -0.0351. The van der Waals surface area contributed by atoms with Crippen molar-refractivity contribution in [2.75, 3.05) is 6.61 Å². The smallest absolute Gasteiger partial charge is 0.210 e. The van der Waals surface area contributed by atoms with Crippen LogP contribution in [0.25, 0.3) is 0 Å². The van der Waals surface area contributed by atoms with Crippen molar-refractivity contribution in [3.8, 4) is 11.8 Å². The van der Waals surface area contributed by atoms with Crippen LogP contribution >= 0.6 is 11.3 Å². The predicted octanol–water partition coefficient (Wildman–Crippen LogP) is 3.44. The summed E-state index contributed by atoms with van der Waals surface area (Å²) in [6.45, 7) is 2.06. The number of nitrogens with zero attached hydrogens (tertiary/aromatic N) is 1. The quantitative estimate of drug-likeness (QED) is 0.783. The van der Waals surface area contributed by atoms with Gasteiger partial charge in [0.2, 0.25) is 5.78 Å². The van der Waals surface area contributed by atoms with E-state index in [1.54, 1.807) is 24.3 Å². The molecule has 0 bridgehead atoms. The second-order valence-electron chi connectivity index (χ2n) is 3.97. The lowest BCUT2D eigenvalue weighted by Gasteiger charge is -2.04. The number of ketones is 1. The monoisotopic (exact) mass is 271 g/mol. The average Bonchev–Trinajstić information content (AvgIpc) is 2.94. The molecule has 0 fully saturated rings. The van der Waals surface area contributed by atoms with Crippen molar-refractivity contribution in [3.63, 3.8) is 0 Å². The molecule has 0 aliphatic carbocycles.